The SMILES string of the molecule is NC(N)=Nc1cccc2c1CCCC2.O=C(O)C(F)(F)F. The number of rotatable bonds is 1. The van der Waals surface area contributed by atoms with E-state index in [4.69, 9.17) is 21.4 Å². The van der Waals surface area contributed by atoms with Gasteiger partial charge in [0, 0.05) is 0 Å². The summed E-state index contributed by atoms with van der Waals surface area (Å²) in [5.41, 5.74) is 14.4. The van der Waals surface area contributed by atoms with Gasteiger partial charge in [0.2, 0.25) is 0 Å². The fourth-order valence-corrected chi connectivity index (χ4v) is 2.01. The molecule has 5 N–H and O–H groups in total. The molecule has 1 aliphatic carbocycles. The average Bonchev–Trinajstić information content (AvgIpc) is 2.38. The Kier molecular flexibility index (Phi) is 5.57. The summed E-state index contributed by atoms with van der Waals surface area (Å²) in [6.45, 7) is 0. The van der Waals surface area contributed by atoms with E-state index in [1.807, 2.05) is 12.1 Å². The molecule has 0 saturated carbocycles. The number of carboxylic acid groups (broad SMARTS) is 1. The minimum Gasteiger partial charge on any atom is -0.475 e. The molecule has 0 bridgehead atoms. The van der Waals surface area contributed by atoms with Crippen molar-refractivity contribution in [1.82, 2.24) is 0 Å². The van der Waals surface area contributed by atoms with Crippen LogP contribution in [-0.2, 0) is 17.6 Å². The molecule has 1 aliphatic rings. The predicted octanol–water partition coefficient (Wildman–Crippen LogP) is 2.10. The third-order valence-corrected chi connectivity index (χ3v) is 2.86. The van der Waals surface area contributed by atoms with Crippen LogP contribution in [0.15, 0.2) is 23.2 Å². The van der Waals surface area contributed by atoms with Crippen molar-refractivity contribution in [2.75, 3.05) is 0 Å². The van der Waals surface area contributed by atoms with Crippen molar-refractivity contribution in [2.45, 2.75) is 31.9 Å². The van der Waals surface area contributed by atoms with Gasteiger partial charge in [-0.1, -0.05) is 12.1 Å². The highest BCUT2D eigenvalue weighted by molar-refractivity contribution is 5.79. The quantitative estimate of drug-likeness (QED) is 0.546. The van der Waals surface area contributed by atoms with Gasteiger partial charge in [0.15, 0.2) is 5.96 Å². The number of fused-ring (bicyclic) bond motifs is 1. The molecule has 0 unspecified atom stereocenters. The Hall–Kier alpha value is -2.25. The van der Waals surface area contributed by atoms with E-state index in [1.54, 1.807) is 0 Å². The second-order valence-electron chi connectivity index (χ2n) is 4.46. The van der Waals surface area contributed by atoms with Gasteiger partial charge in [-0.3, -0.25) is 0 Å². The summed E-state index contributed by atoms with van der Waals surface area (Å²) in [5, 5.41) is 7.12. The van der Waals surface area contributed by atoms with Crippen LogP contribution in [0.2, 0.25) is 0 Å². The normalized spacial score (nSPS) is 13.5. The molecule has 116 valence electrons. The molecule has 5 nitrogen and oxygen atoms in total. The summed E-state index contributed by atoms with van der Waals surface area (Å²) >= 11 is 0. The lowest BCUT2D eigenvalue weighted by Gasteiger charge is -2.17. The van der Waals surface area contributed by atoms with E-state index in [0.717, 1.165) is 18.5 Å². The molecule has 0 saturated heterocycles. The smallest absolute Gasteiger partial charge is 0.475 e. The number of nitrogens with two attached hydrogens (primary N) is 2. The Morgan fingerprint density at radius 1 is 1.19 bits per heavy atom. The standard InChI is InChI=1S/C11H15N3.C2HF3O2/c12-11(13)14-10-7-3-5-8-4-1-2-6-9(8)10;3-2(4,5)1(6)7/h3,5,7H,1-2,4,6H2,(H4,12,13,14);(H,6,7). The number of carboxylic acids is 1. The van der Waals surface area contributed by atoms with Crippen molar-refractivity contribution in [3.8, 4) is 0 Å². The van der Waals surface area contributed by atoms with Gasteiger partial charge in [0.25, 0.3) is 0 Å². The fourth-order valence-electron chi connectivity index (χ4n) is 2.01. The van der Waals surface area contributed by atoms with Crippen LogP contribution >= 0.6 is 0 Å². The van der Waals surface area contributed by atoms with Crippen LogP contribution in [0.4, 0.5) is 18.9 Å². The molecular formula is C13H16F3N3O2. The molecular weight excluding hydrogens is 287 g/mol. The van der Waals surface area contributed by atoms with E-state index in [9.17, 15) is 13.2 Å². The third-order valence-electron chi connectivity index (χ3n) is 2.86. The number of benzene rings is 1. The maximum atomic E-state index is 10.6. The zero-order valence-corrected chi connectivity index (χ0v) is 11.2. The molecule has 8 heteroatoms. The Labute approximate surface area is 119 Å². The maximum absolute atomic E-state index is 10.6. The number of aliphatic imine (C=N–C) groups is 1. The Balaban J connectivity index is 0.000000270. The van der Waals surface area contributed by atoms with Crippen LogP contribution in [0, 0.1) is 0 Å². The van der Waals surface area contributed by atoms with Crippen LogP contribution in [0.1, 0.15) is 24.0 Å². The van der Waals surface area contributed by atoms with E-state index in [-0.39, 0.29) is 5.96 Å². The molecule has 0 heterocycles. The number of hydrogen-bond acceptors (Lipinski definition) is 2. The summed E-state index contributed by atoms with van der Waals surface area (Å²) in [4.78, 5) is 13.0. The number of alkyl halides is 3. The lowest BCUT2D eigenvalue weighted by molar-refractivity contribution is -0.192. The van der Waals surface area contributed by atoms with E-state index < -0.39 is 12.1 Å². The van der Waals surface area contributed by atoms with Gasteiger partial charge >= 0.3 is 12.1 Å². The van der Waals surface area contributed by atoms with Crippen molar-refractivity contribution in [1.29, 1.82) is 0 Å². The van der Waals surface area contributed by atoms with Crippen LogP contribution in [0.25, 0.3) is 0 Å². The van der Waals surface area contributed by atoms with Crippen LogP contribution in [-0.4, -0.2) is 23.2 Å². The molecule has 1 aromatic rings. The molecule has 0 radical (unpaired) electrons. The van der Waals surface area contributed by atoms with Gasteiger partial charge in [0.05, 0.1) is 5.69 Å². The number of carbonyl (C=O) groups is 1. The molecule has 0 amide bonds. The zero-order chi connectivity index (χ0) is 16.0. The van der Waals surface area contributed by atoms with Crippen molar-refractivity contribution in [2.24, 2.45) is 16.5 Å². The second-order valence-corrected chi connectivity index (χ2v) is 4.46. The highest BCUT2D eigenvalue weighted by Crippen LogP contribution is 2.29. The number of nitrogens with zero attached hydrogens (tertiary/aromatic N) is 1. The number of halogens is 3. The number of guanidine groups is 1. The van der Waals surface area contributed by atoms with E-state index in [1.165, 1.54) is 24.0 Å². The van der Waals surface area contributed by atoms with Crippen molar-refractivity contribution < 1.29 is 23.1 Å². The van der Waals surface area contributed by atoms with Gasteiger partial charge in [0.1, 0.15) is 0 Å². The maximum Gasteiger partial charge on any atom is 0.490 e. The summed E-state index contributed by atoms with van der Waals surface area (Å²) in [5.74, 6) is -2.61. The van der Waals surface area contributed by atoms with E-state index in [0.29, 0.717) is 0 Å². The summed E-state index contributed by atoms with van der Waals surface area (Å²) in [7, 11) is 0. The number of hydrogen-bond donors (Lipinski definition) is 3. The van der Waals surface area contributed by atoms with Crippen molar-refractivity contribution >= 4 is 17.6 Å². The van der Waals surface area contributed by atoms with Gasteiger partial charge in [-0.15, -0.1) is 0 Å². The van der Waals surface area contributed by atoms with Crippen molar-refractivity contribution in [3.63, 3.8) is 0 Å². The number of aliphatic carboxylic acids is 1. The first-order valence-corrected chi connectivity index (χ1v) is 6.22. The molecule has 0 spiro atoms. The molecule has 0 atom stereocenters. The van der Waals surface area contributed by atoms with Gasteiger partial charge in [-0.25, -0.2) is 9.79 Å². The minimum absolute atomic E-state index is 0.143. The molecule has 2 rings (SSSR count). The monoisotopic (exact) mass is 303 g/mol. The van der Waals surface area contributed by atoms with Crippen LogP contribution in [0.5, 0.6) is 0 Å². The Bertz CT molecular complexity index is 538. The average molecular weight is 303 g/mol. The number of aryl methyl sites for hydroxylation is 1. The molecule has 0 aromatic heterocycles. The van der Waals surface area contributed by atoms with E-state index in [2.05, 4.69) is 11.1 Å². The minimum atomic E-state index is -5.08. The van der Waals surface area contributed by atoms with Gasteiger partial charge in [-0.2, -0.15) is 13.2 Å². The molecule has 0 aliphatic heterocycles. The highest BCUT2D eigenvalue weighted by atomic mass is 19.4. The lowest BCUT2D eigenvalue weighted by atomic mass is 9.90. The third kappa shape index (κ3) is 5.33. The highest BCUT2D eigenvalue weighted by Gasteiger charge is 2.38. The van der Waals surface area contributed by atoms with E-state index >= 15 is 0 Å². The van der Waals surface area contributed by atoms with Gasteiger partial charge in [-0.05, 0) is 42.9 Å². The van der Waals surface area contributed by atoms with Crippen LogP contribution < -0.4 is 11.5 Å². The Morgan fingerprint density at radius 3 is 2.29 bits per heavy atom. The lowest BCUT2D eigenvalue weighted by Crippen LogP contribution is -2.22. The van der Waals surface area contributed by atoms with Crippen molar-refractivity contribution in [3.05, 3.63) is 29.3 Å². The fraction of sp³-hybridized carbons (Fsp3) is 0.385. The topological polar surface area (TPSA) is 102 Å². The summed E-state index contributed by atoms with van der Waals surface area (Å²) < 4.78 is 31.7. The first-order valence-electron chi connectivity index (χ1n) is 6.22. The largest absolute Gasteiger partial charge is 0.490 e. The Morgan fingerprint density at radius 2 is 1.76 bits per heavy atom. The second kappa shape index (κ2) is 6.96. The van der Waals surface area contributed by atoms with Crippen LogP contribution in [0.3, 0.4) is 0 Å². The summed E-state index contributed by atoms with van der Waals surface area (Å²) in [6, 6.07) is 6.16. The first-order chi connectivity index (χ1) is 9.71. The molecule has 0 fully saturated rings. The molecule has 21 heavy (non-hydrogen) atoms. The molecule has 1 aromatic carbocycles. The summed E-state index contributed by atoms with van der Waals surface area (Å²) in [6.07, 6.45) is -0.312. The predicted molar refractivity (Wildman–Crippen MR) is 72.2 cm³/mol. The first kappa shape index (κ1) is 16.8. The van der Waals surface area contributed by atoms with Gasteiger partial charge < -0.3 is 16.6 Å². The zero-order valence-electron chi connectivity index (χ0n) is 11.2.